The van der Waals surface area contributed by atoms with Crippen LogP contribution in [0.25, 0.3) is 0 Å². The maximum absolute atomic E-state index is 13.6. The number of halogens is 1. The van der Waals surface area contributed by atoms with Gasteiger partial charge in [-0.2, -0.15) is 0 Å². The monoisotopic (exact) mass is 189 g/mol. The molecule has 0 amide bonds. The molecular formula is C10H20FNO. The van der Waals surface area contributed by atoms with E-state index in [0.717, 1.165) is 13.1 Å². The zero-order chi connectivity index (χ0) is 10.1. The van der Waals surface area contributed by atoms with Crippen molar-refractivity contribution in [3.8, 4) is 0 Å². The van der Waals surface area contributed by atoms with Gasteiger partial charge < -0.3 is 5.11 Å². The van der Waals surface area contributed by atoms with E-state index in [1.807, 2.05) is 0 Å². The number of piperidine rings is 1. The summed E-state index contributed by atoms with van der Waals surface area (Å²) in [6.07, 6.45) is 0.918. The first kappa shape index (κ1) is 10.9. The molecule has 3 heteroatoms. The summed E-state index contributed by atoms with van der Waals surface area (Å²) < 4.78 is 13.6. The van der Waals surface area contributed by atoms with Crippen molar-refractivity contribution in [2.45, 2.75) is 44.8 Å². The van der Waals surface area contributed by atoms with Gasteiger partial charge in [-0.25, -0.2) is 4.39 Å². The fourth-order valence-corrected chi connectivity index (χ4v) is 1.74. The van der Waals surface area contributed by atoms with Crippen LogP contribution >= 0.6 is 0 Å². The average Bonchev–Trinajstić information content (AvgIpc) is 2.04. The maximum atomic E-state index is 13.6. The van der Waals surface area contributed by atoms with E-state index in [1.54, 1.807) is 0 Å². The summed E-state index contributed by atoms with van der Waals surface area (Å²) >= 11 is 0. The minimum absolute atomic E-state index is 0.122. The van der Waals surface area contributed by atoms with Gasteiger partial charge in [0.2, 0.25) is 0 Å². The standard InChI is InChI=1S/C10H20FNO/c1-9(2,3)12-6-4-10(11,8-13)5-7-12/h13H,4-8H2,1-3H3. The summed E-state index contributed by atoms with van der Waals surface area (Å²) in [4.78, 5) is 2.26. The molecule has 1 heterocycles. The fourth-order valence-electron chi connectivity index (χ4n) is 1.74. The molecule has 0 aliphatic carbocycles. The number of hydrogen-bond donors (Lipinski definition) is 1. The quantitative estimate of drug-likeness (QED) is 0.677. The lowest BCUT2D eigenvalue weighted by Crippen LogP contribution is -2.51. The summed E-state index contributed by atoms with van der Waals surface area (Å²) in [5.41, 5.74) is -1.20. The molecule has 0 saturated carbocycles. The Morgan fingerprint density at radius 2 is 1.77 bits per heavy atom. The van der Waals surface area contributed by atoms with Crippen LogP contribution < -0.4 is 0 Å². The second-order valence-corrected chi connectivity index (χ2v) is 4.97. The number of nitrogens with zero attached hydrogens (tertiary/aromatic N) is 1. The summed E-state index contributed by atoms with van der Waals surface area (Å²) in [7, 11) is 0. The van der Waals surface area contributed by atoms with E-state index >= 15 is 0 Å². The summed E-state index contributed by atoms with van der Waals surface area (Å²) in [5, 5.41) is 8.85. The van der Waals surface area contributed by atoms with Gasteiger partial charge >= 0.3 is 0 Å². The number of rotatable bonds is 1. The normalized spacial score (nSPS) is 24.7. The van der Waals surface area contributed by atoms with E-state index in [-0.39, 0.29) is 12.1 Å². The second-order valence-electron chi connectivity index (χ2n) is 4.97. The van der Waals surface area contributed by atoms with Crippen LogP contribution in [0.1, 0.15) is 33.6 Å². The van der Waals surface area contributed by atoms with Gasteiger partial charge in [0.25, 0.3) is 0 Å². The molecule has 1 fully saturated rings. The molecule has 0 radical (unpaired) electrons. The molecular weight excluding hydrogens is 169 g/mol. The summed E-state index contributed by atoms with van der Waals surface area (Å²) in [5.74, 6) is 0. The third-order valence-electron chi connectivity index (χ3n) is 2.89. The van der Waals surface area contributed by atoms with E-state index in [2.05, 4.69) is 25.7 Å². The molecule has 0 spiro atoms. The van der Waals surface area contributed by atoms with Crippen LogP contribution in [-0.4, -0.2) is 40.9 Å². The lowest BCUT2D eigenvalue weighted by Gasteiger charge is -2.42. The van der Waals surface area contributed by atoms with Crippen LogP contribution in [-0.2, 0) is 0 Å². The molecule has 78 valence electrons. The lowest BCUT2D eigenvalue weighted by atomic mass is 9.91. The summed E-state index contributed by atoms with van der Waals surface area (Å²) in [6, 6.07) is 0. The van der Waals surface area contributed by atoms with Gasteiger partial charge in [-0.1, -0.05) is 0 Å². The van der Waals surface area contributed by atoms with Crippen molar-refractivity contribution < 1.29 is 9.50 Å². The molecule has 1 saturated heterocycles. The van der Waals surface area contributed by atoms with Gasteiger partial charge in [0.1, 0.15) is 5.67 Å². The van der Waals surface area contributed by atoms with Crippen molar-refractivity contribution in [1.82, 2.24) is 4.90 Å². The first-order valence-corrected chi connectivity index (χ1v) is 4.92. The first-order chi connectivity index (χ1) is 5.87. The third kappa shape index (κ3) is 2.64. The van der Waals surface area contributed by atoms with Crippen molar-refractivity contribution in [2.75, 3.05) is 19.7 Å². The van der Waals surface area contributed by atoms with E-state index in [9.17, 15) is 4.39 Å². The number of alkyl halides is 1. The first-order valence-electron chi connectivity index (χ1n) is 4.92. The molecule has 0 atom stereocenters. The third-order valence-corrected chi connectivity index (χ3v) is 2.89. The Kier molecular flexibility index (Phi) is 2.98. The minimum Gasteiger partial charge on any atom is -0.393 e. The van der Waals surface area contributed by atoms with Crippen LogP contribution in [0.15, 0.2) is 0 Å². The predicted octanol–water partition coefficient (Wildman–Crippen LogP) is 1.58. The number of aliphatic hydroxyl groups is 1. The van der Waals surface area contributed by atoms with Crippen LogP contribution in [0.3, 0.4) is 0 Å². The molecule has 0 bridgehead atoms. The molecule has 0 aromatic heterocycles. The highest BCUT2D eigenvalue weighted by Gasteiger charge is 2.36. The van der Waals surface area contributed by atoms with Gasteiger partial charge in [-0.15, -0.1) is 0 Å². The Morgan fingerprint density at radius 3 is 2.08 bits per heavy atom. The van der Waals surface area contributed by atoms with E-state index in [4.69, 9.17) is 5.11 Å². The summed E-state index contributed by atoms with van der Waals surface area (Å²) in [6.45, 7) is 7.58. The Morgan fingerprint density at radius 1 is 1.31 bits per heavy atom. The van der Waals surface area contributed by atoms with Gasteiger partial charge in [0, 0.05) is 18.6 Å². The van der Waals surface area contributed by atoms with Crippen molar-refractivity contribution in [1.29, 1.82) is 0 Å². The molecule has 1 N–H and O–H groups in total. The Balaban J connectivity index is 2.48. The van der Waals surface area contributed by atoms with Crippen LogP contribution in [0.4, 0.5) is 4.39 Å². The van der Waals surface area contributed by atoms with Crippen molar-refractivity contribution in [3.63, 3.8) is 0 Å². The molecule has 1 aliphatic heterocycles. The maximum Gasteiger partial charge on any atom is 0.136 e. The molecule has 0 aromatic rings. The number of hydrogen-bond acceptors (Lipinski definition) is 2. The average molecular weight is 189 g/mol. The largest absolute Gasteiger partial charge is 0.393 e. The van der Waals surface area contributed by atoms with Gasteiger partial charge in [0.15, 0.2) is 0 Å². The van der Waals surface area contributed by atoms with Crippen molar-refractivity contribution in [2.24, 2.45) is 0 Å². The van der Waals surface area contributed by atoms with Crippen molar-refractivity contribution >= 4 is 0 Å². The Bertz CT molecular complexity index is 168. The van der Waals surface area contributed by atoms with E-state index in [1.165, 1.54) is 0 Å². The topological polar surface area (TPSA) is 23.5 Å². The predicted molar refractivity (Wildman–Crippen MR) is 51.5 cm³/mol. The van der Waals surface area contributed by atoms with Crippen LogP contribution in [0.5, 0.6) is 0 Å². The highest BCUT2D eigenvalue weighted by Crippen LogP contribution is 2.29. The highest BCUT2D eigenvalue weighted by atomic mass is 19.1. The minimum atomic E-state index is -1.32. The van der Waals surface area contributed by atoms with E-state index in [0.29, 0.717) is 12.8 Å². The van der Waals surface area contributed by atoms with Crippen LogP contribution in [0.2, 0.25) is 0 Å². The van der Waals surface area contributed by atoms with Crippen molar-refractivity contribution in [3.05, 3.63) is 0 Å². The Labute approximate surface area is 79.7 Å². The molecule has 1 aliphatic rings. The lowest BCUT2D eigenvalue weighted by molar-refractivity contribution is -0.0159. The number of aliphatic hydroxyl groups excluding tert-OH is 1. The molecule has 13 heavy (non-hydrogen) atoms. The number of likely N-dealkylation sites (tertiary alicyclic amines) is 1. The van der Waals surface area contributed by atoms with E-state index < -0.39 is 5.67 Å². The van der Waals surface area contributed by atoms with Crippen LogP contribution in [0, 0.1) is 0 Å². The van der Waals surface area contributed by atoms with Gasteiger partial charge in [-0.05, 0) is 33.6 Å². The zero-order valence-corrected chi connectivity index (χ0v) is 8.81. The molecule has 0 aromatic carbocycles. The highest BCUT2D eigenvalue weighted by molar-refractivity contribution is 4.89. The molecule has 0 unspecified atom stereocenters. The SMILES string of the molecule is CC(C)(C)N1CCC(F)(CO)CC1. The second kappa shape index (κ2) is 3.54. The Hall–Kier alpha value is -0.150. The molecule has 2 nitrogen and oxygen atoms in total. The fraction of sp³-hybridized carbons (Fsp3) is 1.00. The smallest absolute Gasteiger partial charge is 0.136 e. The zero-order valence-electron chi connectivity index (χ0n) is 8.81. The van der Waals surface area contributed by atoms with Gasteiger partial charge in [0.05, 0.1) is 6.61 Å². The molecule has 1 rings (SSSR count). The van der Waals surface area contributed by atoms with Gasteiger partial charge in [-0.3, -0.25) is 4.90 Å².